The fraction of sp³-hybridized carbons (Fsp3) is 0.333. The first kappa shape index (κ1) is 16.7. The largest absolute Gasteiger partial charge is 0.296 e. The molecule has 0 saturated heterocycles. The Kier molecular flexibility index (Phi) is 4.90. The molecule has 1 unspecified atom stereocenters. The zero-order valence-electron chi connectivity index (χ0n) is 13.0. The van der Waals surface area contributed by atoms with Crippen molar-refractivity contribution in [2.45, 2.75) is 31.1 Å². The molecule has 0 heterocycles. The topological polar surface area (TPSA) is 43.4 Å². The van der Waals surface area contributed by atoms with Crippen LogP contribution in [0, 0.1) is 12.8 Å². The number of rotatable bonds is 4. The first-order valence-electron chi connectivity index (χ1n) is 7.67. The summed E-state index contributed by atoms with van der Waals surface area (Å²) in [4.78, 5) is 0.225. The predicted octanol–water partition coefficient (Wildman–Crippen LogP) is 4.27. The van der Waals surface area contributed by atoms with Crippen molar-refractivity contribution in [2.24, 2.45) is 5.92 Å². The lowest BCUT2D eigenvalue weighted by Crippen LogP contribution is -2.21. The SMILES string of the molecule is Cc1ccc(S(=O)(=O)OCC2CCc3cc(Br)ccc3C2)cc1. The summed E-state index contributed by atoms with van der Waals surface area (Å²) in [7, 11) is -3.67. The Morgan fingerprint density at radius 2 is 1.87 bits per heavy atom. The molecule has 0 amide bonds. The quantitative estimate of drug-likeness (QED) is 0.727. The maximum absolute atomic E-state index is 12.2. The summed E-state index contributed by atoms with van der Waals surface area (Å²) < 4.78 is 30.9. The average molecular weight is 395 g/mol. The molecule has 1 aliphatic rings. The minimum Gasteiger partial charge on any atom is -0.266 e. The van der Waals surface area contributed by atoms with Crippen LogP contribution in [0.15, 0.2) is 51.8 Å². The van der Waals surface area contributed by atoms with Gasteiger partial charge < -0.3 is 0 Å². The van der Waals surface area contributed by atoms with Crippen molar-refractivity contribution in [2.75, 3.05) is 6.61 Å². The van der Waals surface area contributed by atoms with Crippen molar-refractivity contribution >= 4 is 26.0 Å². The molecule has 0 spiro atoms. The number of fused-ring (bicyclic) bond motifs is 1. The molecule has 2 aromatic rings. The van der Waals surface area contributed by atoms with Gasteiger partial charge in [-0.05, 0) is 67.5 Å². The van der Waals surface area contributed by atoms with Crippen LogP contribution < -0.4 is 0 Å². The van der Waals surface area contributed by atoms with Crippen LogP contribution in [-0.2, 0) is 27.1 Å². The van der Waals surface area contributed by atoms with Gasteiger partial charge in [-0.3, -0.25) is 4.18 Å². The lowest BCUT2D eigenvalue weighted by atomic mass is 9.84. The standard InChI is InChI=1S/C18H19BrO3S/c1-13-2-8-18(9-3-13)23(20,21)22-12-14-4-5-16-11-17(19)7-6-15(16)10-14/h2-3,6-9,11,14H,4-5,10,12H2,1H3. The van der Waals surface area contributed by atoms with Crippen molar-refractivity contribution in [1.82, 2.24) is 0 Å². The molecule has 122 valence electrons. The van der Waals surface area contributed by atoms with Gasteiger partial charge in [-0.2, -0.15) is 8.42 Å². The number of halogens is 1. The van der Waals surface area contributed by atoms with E-state index in [0.717, 1.165) is 29.3 Å². The Morgan fingerprint density at radius 3 is 2.61 bits per heavy atom. The Balaban J connectivity index is 1.65. The van der Waals surface area contributed by atoms with E-state index in [-0.39, 0.29) is 17.4 Å². The molecular formula is C18H19BrO3S. The molecule has 0 N–H and O–H groups in total. The van der Waals surface area contributed by atoms with Gasteiger partial charge in [-0.15, -0.1) is 0 Å². The molecule has 0 saturated carbocycles. The molecule has 3 nitrogen and oxygen atoms in total. The Morgan fingerprint density at radius 1 is 1.13 bits per heavy atom. The zero-order chi connectivity index (χ0) is 16.4. The van der Waals surface area contributed by atoms with Crippen LogP contribution in [0.4, 0.5) is 0 Å². The van der Waals surface area contributed by atoms with Crippen LogP contribution in [0.1, 0.15) is 23.1 Å². The van der Waals surface area contributed by atoms with E-state index < -0.39 is 10.1 Å². The Hall–Kier alpha value is -1.17. The van der Waals surface area contributed by atoms with Gasteiger partial charge in [0, 0.05) is 4.47 Å². The summed E-state index contributed by atoms with van der Waals surface area (Å²) >= 11 is 3.49. The van der Waals surface area contributed by atoms with Gasteiger partial charge in [-0.1, -0.05) is 39.7 Å². The highest BCUT2D eigenvalue weighted by molar-refractivity contribution is 9.10. The van der Waals surface area contributed by atoms with Crippen molar-refractivity contribution < 1.29 is 12.6 Å². The third kappa shape index (κ3) is 4.03. The van der Waals surface area contributed by atoms with Gasteiger partial charge in [0.2, 0.25) is 0 Å². The summed E-state index contributed by atoms with van der Waals surface area (Å²) in [5, 5.41) is 0. The number of hydrogen-bond donors (Lipinski definition) is 0. The molecule has 0 aromatic heterocycles. The third-order valence-corrected chi connectivity index (χ3v) is 6.06. The number of benzene rings is 2. The molecule has 5 heteroatoms. The van der Waals surface area contributed by atoms with E-state index >= 15 is 0 Å². The molecule has 0 fully saturated rings. The van der Waals surface area contributed by atoms with E-state index in [1.165, 1.54) is 11.1 Å². The fourth-order valence-electron chi connectivity index (χ4n) is 2.90. The first-order valence-corrected chi connectivity index (χ1v) is 9.87. The number of aryl methyl sites for hydroxylation is 2. The van der Waals surface area contributed by atoms with Crippen LogP contribution in [0.2, 0.25) is 0 Å². The number of hydrogen-bond acceptors (Lipinski definition) is 3. The van der Waals surface area contributed by atoms with Gasteiger partial charge in [0.1, 0.15) is 0 Å². The maximum atomic E-state index is 12.2. The normalized spacial score (nSPS) is 17.7. The molecule has 3 rings (SSSR count). The Labute approximate surface area is 145 Å². The Bertz CT molecular complexity index is 798. The predicted molar refractivity (Wildman–Crippen MR) is 94.0 cm³/mol. The van der Waals surface area contributed by atoms with Gasteiger partial charge in [0.05, 0.1) is 11.5 Å². The van der Waals surface area contributed by atoms with Gasteiger partial charge in [0.15, 0.2) is 0 Å². The molecular weight excluding hydrogens is 376 g/mol. The zero-order valence-corrected chi connectivity index (χ0v) is 15.4. The summed E-state index contributed by atoms with van der Waals surface area (Å²) in [5.74, 6) is 0.240. The first-order chi connectivity index (χ1) is 10.9. The average Bonchev–Trinajstić information content (AvgIpc) is 2.53. The lowest BCUT2D eigenvalue weighted by molar-refractivity contribution is 0.239. The highest BCUT2D eigenvalue weighted by Crippen LogP contribution is 2.28. The van der Waals surface area contributed by atoms with E-state index in [4.69, 9.17) is 4.18 Å². The van der Waals surface area contributed by atoms with Crippen molar-refractivity contribution in [1.29, 1.82) is 0 Å². The van der Waals surface area contributed by atoms with Crippen molar-refractivity contribution in [3.8, 4) is 0 Å². The van der Waals surface area contributed by atoms with Crippen LogP contribution in [0.5, 0.6) is 0 Å². The summed E-state index contributed by atoms with van der Waals surface area (Å²) in [6, 6.07) is 13.0. The summed E-state index contributed by atoms with van der Waals surface area (Å²) in [6.45, 7) is 2.17. The molecule has 0 radical (unpaired) electrons. The molecule has 2 aromatic carbocycles. The molecule has 1 aliphatic carbocycles. The van der Waals surface area contributed by atoms with Crippen LogP contribution >= 0.6 is 15.9 Å². The van der Waals surface area contributed by atoms with E-state index in [1.807, 2.05) is 13.0 Å². The summed E-state index contributed by atoms with van der Waals surface area (Å²) in [6.07, 6.45) is 2.78. The van der Waals surface area contributed by atoms with Crippen molar-refractivity contribution in [3.63, 3.8) is 0 Å². The molecule has 0 bridgehead atoms. The second-order valence-corrected chi connectivity index (χ2v) is 8.60. The van der Waals surface area contributed by atoms with E-state index in [2.05, 4.69) is 28.1 Å². The minimum atomic E-state index is -3.67. The minimum absolute atomic E-state index is 0.225. The van der Waals surface area contributed by atoms with Crippen LogP contribution in [0.3, 0.4) is 0 Å². The van der Waals surface area contributed by atoms with E-state index in [0.29, 0.717) is 0 Å². The second kappa shape index (κ2) is 6.75. The molecule has 0 aliphatic heterocycles. The van der Waals surface area contributed by atoms with E-state index in [1.54, 1.807) is 24.3 Å². The van der Waals surface area contributed by atoms with Crippen molar-refractivity contribution in [3.05, 3.63) is 63.6 Å². The van der Waals surface area contributed by atoms with Crippen LogP contribution in [0.25, 0.3) is 0 Å². The monoisotopic (exact) mass is 394 g/mol. The lowest BCUT2D eigenvalue weighted by Gasteiger charge is -2.24. The molecule has 23 heavy (non-hydrogen) atoms. The van der Waals surface area contributed by atoms with Crippen LogP contribution in [-0.4, -0.2) is 15.0 Å². The third-order valence-electron chi connectivity index (χ3n) is 4.27. The maximum Gasteiger partial charge on any atom is 0.296 e. The fourth-order valence-corrected chi connectivity index (χ4v) is 4.29. The second-order valence-electron chi connectivity index (χ2n) is 6.07. The highest BCUT2D eigenvalue weighted by atomic mass is 79.9. The van der Waals surface area contributed by atoms with Gasteiger partial charge in [0.25, 0.3) is 10.1 Å². The van der Waals surface area contributed by atoms with Gasteiger partial charge in [-0.25, -0.2) is 0 Å². The molecule has 1 atom stereocenters. The van der Waals surface area contributed by atoms with E-state index in [9.17, 15) is 8.42 Å². The smallest absolute Gasteiger partial charge is 0.266 e. The summed E-state index contributed by atoms with van der Waals surface area (Å²) in [5.41, 5.74) is 3.66. The highest BCUT2D eigenvalue weighted by Gasteiger charge is 2.22. The van der Waals surface area contributed by atoms with Gasteiger partial charge >= 0.3 is 0 Å².